The van der Waals surface area contributed by atoms with Crippen LogP contribution in [0.2, 0.25) is 0 Å². The van der Waals surface area contributed by atoms with Gasteiger partial charge in [-0.05, 0) is 17.7 Å². The topological polar surface area (TPSA) is 68.3 Å². The second-order valence-electron chi connectivity index (χ2n) is 8.17. The number of piperazine rings is 1. The monoisotopic (exact) mass is 430 g/mol. The molecule has 1 aliphatic rings. The highest BCUT2D eigenvalue weighted by atomic mass is 16.2. The van der Waals surface area contributed by atoms with Crippen molar-refractivity contribution in [3.05, 3.63) is 87.1 Å². The Morgan fingerprint density at radius 3 is 2.03 bits per heavy atom. The normalized spacial score (nSPS) is 14.3. The van der Waals surface area contributed by atoms with Crippen LogP contribution in [-0.4, -0.2) is 44.9 Å². The van der Waals surface area contributed by atoms with Gasteiger partial charge >= 0.3 is 5.69 Å². The van der Waals surface area contributed by atoms with Gasteiger partial charge in [-0.25, -0.2) is 4.79 Å². The summed E-state index contributed by atoms with van der Waals surface area (Å²) in [7, 11) is 3.18. The molecular formula is C24H26N6O2. The molecule has 0 bridgehead atoms. The number of benzene rings is 2. The molecule has 164 valence electrons. The van der Waals surface area contributed by atoms with Gasteiger partial charge in [0.1, 0.15) is 0 Å². The molecule has 32 heavy (non-hydrogen) atoms. The molecule has 0 saturated carbocycles. The summed E-state index contributed by atoms with van der Waals surface area (Å²) in [5.74, 6) is 0.731. The van der Waals surface area contributed by atoms with E-state index in [4.69, 9.17) is 4.98 Å². The molecule has 8 nitrogen and oxygen atoms in total. The van der Waals surface area contributed by atoms with Crippen molar-refractivity contribution in [1.82, 2.24) is 18.7 Å². The molecule has 0 aliphatic carbocycles. The second-order valence-corrected chi connectivity index (χ2v) is 8.17. The number of aryl methyl sites for hydroxylation is 1. The zero-order valence-electron chi connectivity index (χ0n) is 18.3. The van der Waals surface area contributed by atoms with E-state index in [9.17, 15) is 9.59 Å². The van der Waals surface area contributed by atoms with E-state index in [0.29, 0.717) is 17.7 Å². The summed E-state index contributed by atoms with van der Waals surface area (Å²) in [6, 6.07) is 20.4. The van der Waals surface area contributed by atoms with Crippen molar-refractivity contribution >= 4 is 22.8 Å². The summed E-state index contributed by atoms with van der Waals surface area (Å²) in [5.41, 5.74) is 2.48. The van der Waals surface area contributed by atoms with Gasteiger partial charge in [0.05, 0.1) is 6.54 Å². The lowest BCUT2D eigenvalue weighted by Crippen LogP contribution is -2.47. The molecule has 0 spiro atoms. The van der Waals surface area contributed by atoms with Gasteiger partial charge in [-0.1, -0.05) is 48.5 Å². The van der Waals surface area contributed by atoms with Gasteiger partial charge in [-0.2, -0.15) is 4.98 Å². The third kappa shape index (κ3) is 3.37. The highest BCUT2D eigenvalue weighted by Crippen LogP contribution is 2.24. The second kappa shape index (κ2) is 8.03. The van der Waals surface area contributed by atoms with Gasteiger partial charge in [0.15, 0.2) is 11.2 Å². The number of hydrogen-bond acceptors (Lipinski definition) is 5. The fourth-order valence-electron chi connectivity index (χ4n) is 4.40. The maximum atomic E-state index is 13.1. The Morgan fingerprint density at radius 2 is 1.38 bits per heavy atom. The lowest BCUT2D eigenvalue weighted by atomic mass is 10.2. The largest absolute Gasteiger partial charge is 0.368 e. The zero-order chi connectivity index (χ0) is 22.2. The molecule has 0 unspecified atom stereocenters. The summed E-state index contributed by atoms with van der Waals surface area (Å²) in [6.07, 6.45) is 0. The Kier molecular flexibility index (Phi) is 5.05. The number of hydrogen-bond donors (Lipinski definition) is 0. The first-order valence-electron chi connectivity index (χ1n) is 10.8. The van der Waals surface area contributed by atoms with E-state index in [-0.39, 0.29) is 11.2 Å². The van der Waals surface area contributed by atoms with Crippen LogP contribution in [0, 0.1) is 0 Å². The molecule has 0 atom stereocenters. The standard InChI is InChI=1S/C24H26N6O2/c1-26-21-20(22(31)27(2)24(26)32)30(17-18-9-5-3-6-10-18)23(25-21)29-15-13-28(14-16-29)19-11-7-4-8-12-19/h3-12H,13-17H2,1-2H3. The summed E-state index contributed by atoms with van der Waals surface area (Å²) in [6.45, 7) is 3.78. The molecule has 5 rings (SSSR count). The van der Waals surface area contributed by atoms with Gasteiger partial charge in [0, 0.05) is 46.0 Å². The number of rotatable bonds is 4. The van der Waals surface area contributed by atoms with Crippen LogP contribution in [0.1, 0.15) is 5.56 Å². The van der Waals surface area contributed by atoms with Crippen molar-refractivity contribution in [2.75, 3.05) is 36.0 Å². The molecule has 1 aliphatic heterocycles. The first-order valence-corrected chi connectivity index (χ1v) is 10.8. The lowest BCUT2D eigenvalue weighted by Gasteiger charge is -2.36. The summed E-state index contributed by atoms with van der Waals surface area (Å²) in [5, 5.41) is 0. The fourth-order valence-corrected chi connectivity index (χ4v) is 4.40. The summed E-state index contributed by atoms with van der Waals surface area (Å²) >= 11 is 0. The molecule has 1 saturated heterocycles. The van der Waals surface area contributed by atoms with Crippen molar-refractivity contribution in [3.8, 4) is 0 Å². The van der Waals surface area contributed by atoms with Crippen LogP contribution in [-0.2, 0) is 20.6 Å². The highest BCUT2D eigenvalue weighted by Gasteiger charge is 2.25. The summed E-state index contributed by atoms with van der Waals surface area (Å²) < 4.78 is 4.58. The number of anilines is 2. The molecule has 4 aromatic rings. The van der Waals surface area contributed by atoms with Crippen LogP contribution in [0.25, 0.3) is 11.2 Å². The first kappa shape index (κ1) is 20.1. The smallest absolute Gasteiger partial charge is 0.332 e. The molecular weight excluding hydrogens is 404 g/mol. The van der Waals surface area contributed by atoms with Gasteiger partial charge in [0.25, 0.3) is 5.56 Å². The third-order valence-corrected chi connectivity index (χ3v) is 6.20. The summed E-state index contributed by atoms with van der Waals surface area (Å²) in [4.78, 5) is 35.0. The van der Waals surface area contributed by atoms with Gasteiger partial charge in [0.2, 0.25) is 5.95 Å². The molecule has 0 N–H and O–H groups in total. The van der Waals surface area contributed by atoms with Crippen LogP contribution in [0.5, 0.6) is 0 Å². The maximum absolute atomic E-state index is 13.1. The Morgan fingerprint density at radius 1 is 0.781 bits per heavy atom. The van der Waals surface area contributed by atoms with E-state index in [2.05, 4.69) is 34.1 Å². The van der Waals surface area contributed by atoms with Crippen LogP contribution in [0.15, 0.2) is 70.3 Å². The van der Waals surface area contributed by atoms with Gasteiger partial charge in [-0.15, -0.1) is 0 Å². The lowest BCUT2D eigenvalue weighted by molar-refractivity contribution is 0.625. The van der Waals surface area contributed by atoms with Crippen LogP contribution < -0.4 is 21.0 Å². The minimum Gasteiger partial charge on any atom is -0.368 e. The van der Waals surface area contributed by atoms with E-state index in [1.54, 1.807) is 7.05 Å². The molecule has 8 heteroatoms. The fraction of sp³-hybridized carbons (Fsp3) is 0.292. The third-order valence-electron chi connectivity index (χ3n) is 6.20. The van der Waals surface area contributed by atoms with Gasteiger partial charge < -0.3 is 9.80 Å². The van der Waals surface area contributed by atoms with Crippen LogP contribution in [0.3, 0.4) is 0 Å². The van der Waals surface area contributed by atoms with E-state index in [0.717, 1.165) is 42.3 Å². The van der Waals surface area contributed by atoms with E-state index in [1.807, 2.05) is 41.0 Å². The number of nitrogens with zero attached hydrogens (tertiary/aromatic N) is 6. The number of para-hydroxylation sites is 1. The predicted octanol–water partition coefficient (Wildman–Crippen LogP) is 1.81. The molecule has 0 amide bonds. The molecule has 3 heterocycles. The minimum absolute atomic E-state index is 0.319. The van der Waals surface area contributed by atoms with E-state index >= 15 is 0 Å². The van der Waals surface area contributed by atoms with Crippen LogP contribution >= 0.6 is 0 Å². The molecule has 0 radical (unpaired) electrons. The van der Waals surface area contributed by atoms with E-state index in [1.165, 1.54) is 17.3 Å². The predicted molar refractivity (Wildman–Crippen MR) is 127 cm³/mol. The van der Waals surface area contributed by atoms with Crippen molar-refractivity contribution in [3.63, 3.8) is 0 Å². The van der Waals surface area contributed by atoms with Crippen LogP contribution in [0.4, 0.5) is 11.6 Å². The highest BCUT2D eigenvalue weighted by molar-refractivity contribution is 5.75. The zero-order valence-corrected chi connectivity index (χ0v) is 18.3. The Hall–Kier alpha value is -3.81. The van der Waals surface area contributed by atoms with Crippen molar-refractivity contribution in [2.24, 2.45) is 14.1 Å². The molecule has 2 aromatic heterocycles. The first-order chi connectivity index (χ1) is 15.5. The Labute approximate surface area is 185 Å². The molecule has 2 aromatic carbocycles. The quantitative estimate of drug-likeness (QED) is 0.494. The maximum Gasteiger partial charge on any atom is 0.332 e. The van der Waals surface area contributed by atoms with Crippen molar-refractivity contribution in [1.29, 1.82) is 0 Å². The number of aromatic nitrogens is 4. The molecule has 1 fully saturated rings. The SMILES string of the molecule is Cn1c(=O)c2c(nc(N3CCN(c4ccccc4)CC3)n2Cc2ccccc2)n(C)c1=O. The Balaban J connectivity index is 1.57. The van der Waals surface area contributed by atoms with Crippen molar-refractivity contribution in [2.45, 2.75) is 6.54 Å². The number of imidazole rings is 1. The number of fused-ring (bicyclic) bond motifs is 1. The van der Waals surface area contributed by atoms with E-state index < -0.39 is 0 Å². The minimum atomic E-state index is -0.368. The Bertz CT molecular complexity index is 1360. The average Bonchev–Trinajstić information content (AvgIpc) is 3.22. The van der Waals surface area contributed by atoms with Gasteiger partial charge in [-0.3, -0.25) is 18.5 Å². The van der Waals surface area contributed by atoms with Crippen molar-refractivity contribution < 1.29 is 0 Å². The average molecular weight is 431 g/mol.